The van der Waals surface area contributed by atoms with Crippen LogP contribution in [0.2, 0.25) is 0 Å². The maximum Gasteiger partial charge on any atom is 0.0491 e. The van der Waals surface area contributed by atoms with Crippen LogP contribution >= 0.6 is 0 Å². The van der Waals surface area contributed by atoms with Crippen molar-refractivity contribution in [1.29, 1.82) is 0 Å². The van der Waals surface area contributed by atoms with Crippen molar-refractivity contribution in [3.05, 3.63) is 0 Å². The van der Waals surface area contributed by atoms with E-state index >= 15 is 0 Å². The quantitative estimate of drug-likeness (QED) is 0.537. The fourth-order valence-electron chi connectivity index (χ4n) is 0.245. The van der Waals surface area contributed by atoms with E-state index in [1.807, 2.05) is 20.8 Å². The second-order valence-electron chi connectivity index (χ2n) is 2.42. The van der Waals surface area contributed by atoms with Gasteiger partial charge in [-0.15, -0.1) is 0 Å². The molecule has 0 spiro atoms. The summed E-state index contributed by atoms with van der Waals surface area (Å²) in [6, 6.07) is 0. The maximum absolute atomic E-state index is 3.85. The fraction of sp³-hybridized carbons (Fsp3) is 0.667. The van der Waals surface area contributed by atoms with E-state index in [0.717, 1.165) is 11.4 Å². The Hall–Kier alpha value is -0.990. The van der Waals surface area contributed by atoms with Gasteiger partial charge in [0.1, 0.15) is 0 Å². The first-order chi connectivity index (χ1) is 5.58. The summed E-state index contributed by atoms with van der Waals surface area (Å²) in [6.45, 7) is 5.85. The van der Waals surface area contributed by atoms with E-state index in [9.17, 15) is 0 Å². The van der Waals surface area contributed by atoms with Crippen LogP contribution in [0, 0.1) is 0 Å². The molecule has 0 atom stereocenters. The summed E-state index contributed by atoms with van der Waals surface area (Å²) in [5.41, 5.74) is 2.09. The molecular weight excluding hydrogens is 150 g/mol. The lowest BCUT2D eigenvalue weighted by atomic mass is 10.5. The Bertz CT molecular complexity index is 174. The first-order valence-corrected chi connectivity index (χ1v) is 3.84. The Balaban J connectivity index is 0. The van der Waals surface area contributed by atoms with Gasteiger partial charge in [0.15, 0.2) is 0 Å². The van der Waals surface area contributed by atoms with Crippen molar-refractivity contribution >= 4 is 17.6 Å². The topological polar surface area (TPSA) is 37.1 Å². The second-order valence-corrected chi connectivity index (χ2v) is 2.42. The average Bonchev–Trinajstić information content (AvgIpc) is 2.06. The Morgan fingerprint density at radius 1 is 0.917 bits per heavy atom. The third-order valence-corrected chi connectivity index (χ3v) is 1.12. The van der Waals surface area contributed by atoms with E-state index in [4.69, 9.17) is 0 Å². The lowest BCUT2D eigenvalue weighted by molar-refractivity contribution is 1.41. The van der Waals surface area contributed by atoms with Crippen LogP contribution in [0.3, 0.4) is 0 Å². The van der Waals surface area contributed by atoms with Crippen molar-refractivity contribution in [3.63, 3.8) is 0 Å². The highest BCUT2D eigenvalue weighted by Crippen LogP contribution is 1.65. The molecule has 3 heteroatoms. The van der Waals surface area contributed by atoms with Gasteiger partial charge in [0.25, 0.3) is 0 Å². The molecule has 0 heterocycles. The highest BCUT2D eigenvalue weighted by Gasteiger charge is 1.73. The van der Waals surface area contributed by atoms with Gasteiger partial charge in [-0.1, -0.05) is 0 Å². The van der Waals surface area contributed by atoms with Crippen LogP contribution in [0.5, 0.6) is 0 Å². The van der Waals surface area contributed by atoms with Crippen molar-refractivity contribution in [2.45, 2.75) is 20.8 Å². The van der Waals surface area contributed by atoms with Crippen molar-refractivity contribution in [1.82, 2.24) is 0 Å². The van der Waals surface area contributed by atoms with Crippen LogP contribution < -0.4 is 0 Å². The molecule has 0 amide bonds. The zero-order chi connectivity index (χ0) is 9.98. The fourth-order valence-corrected chi connectivity index (χ4v) is 0.245. The van der Waals surface area contributed by atoms with E-state index in [1.165, 1.54) is 0 Å². The summed E-state index contributed by atoms with van der Waals surface area (Å²) in [5, 5.41) is 0. The van der Waals surface area contributed by atoms with Crippen LogP contribution in [-0.4, -0.2) is 38.8 Å². The minimum atomic E-state index is 0.961. The standard InChI is InChI=1S/C5H10N2.C4H9N/c1-5(7-3)4-6-2;1-4(2)5-3/h4H,1-3H3;1-3H3. The highest BCUT2D eigenvalue weighted by atomic mass is 14.7. The summed E-state index contributed by atoms with van der Waals surface area (Å²) in [7, 11) is 5.26. The normalized spacial score (nSPS) is 10.7. The molecule has 0 N–H and O–H groups in total. The molecule has 0 rings (SSSR count). The SMILES string of the molecule is CN=C(C)C.CN=CC(C)=NC. The first-order valence-electron chi connectivity index (χ1n) is 3.84. The molecule has 70 valence electrons. The van der Waals surface area contributed by atoms with E-state index in [0.29, 0.717) is 0 Å². The molecule has 0 aromatic rings. The van der Waals surface area contributed by atoms with Crippen molar-refractivity contribution in [2.75, 3.05) is 21.1 Å². The summed E-state index contributed by atoms with van der Waals surface area (Å²) >= 11 is 0. The number of aliphatic imine (C=N–C) groups is 3. The van der Waals surface area contributed by atoms with Crippen molar-refractivity contribution in [3.8, 4) is 0 Å². The molecule has 0 bridgehead atoms. The van der Waals surface area contributed by atoms with Gasteiger partial charge in [0.2, 0.25) is 0 Å². The van der Waals surface area contributed by atoms with Gasteiger partial charge in [-0.05, 0) is 20.8 Å². The van der Waals surface area contributed by atoms with Gasteiger partial charge in [0, 0.05) is 38.8 Å². The van der Waals surface area contributed by atoms with Crippen LogP contribution in [0.1, 0.15) is 20.8 Å². The molecule has 0 aromatic heterocycles. The third-order valence-electron chi connectivity index (χ3n) is 1.12. The zero-order valence-electron chi connectivity index (χ0n) is 8.92. The number of hydrogen-bond acceptors (Lipinski definition) is 3. The molecule has 0 unspecified atom stereocenters. The summed E-state index contributed by atoms with van der Waals surface area (Å²) < 4.78 is 0. The molecule has 0 saturated carbocycles. The van der Waals surface area contributed by atoms with Gasteiger partial charge in [-0.2, -0.15) is 0 Å². The van der Waals surface area contributed by atoms with Crippen LogP contribution in [-0.2, 0) is 0 Å². The lowest BCUT2D eigenvalue weighted by Crippen LogP contribution is -1.89. The molecule has 0 aromatic carbocycles. The predicted octanol–water partition coefficient (Wildman–Crippen LogP) is 1.87. The summed E-state index contributed by atoms with van der Waals surface area (Å²) in [4.78, 5) is 11.4. The van der Waals surface area contributed by atoms with Gasteiger partial charge >= 0.3 is 0 Å². The smallest absolute Gasteiger partial charge is 0.0491 e. The second kappa shape index (κ2) is 10.0. The number of nitrogens with zero attached hydrogens (tertiary/aromatic N) is 3. The van der Waals surface area contributed by atoms with Gasteiger partial charge in [-0.25, -0.2) is 0 Å². The number of hydrogen-bond donors (Lipinski definition) is 0. The van der Waals surface area contributed by atoms with E-state index in [-0.39, 0.29) is 0 Å². The lowest BCUT2D eigenvalue weighted by Gasteiger charge is -1.80. The molecule has 0 aliphatic heterocycles. The van der Waals surface area contributed by atoms with E-state index < -0.39 is 0 Å². The zero-order valence-corrected chi connectivity index (χ0v) is 8.92. The molecule has 0 aliphatic rings. The van der Waals surface area contributed by atoms with Crippen molar-refractivity contribution in [2.24, 2.45) is 15.0 Å². The Morgan fingerprint density at radius 3 is 1.42 bits per heavy atom. The average molecular weight is 169 g/mol. The minimum absolute atomic E-state index is 0.961. The van der Waals surface area contributed by atoms with E-state index in [1.54, 1.807) is 27.4 Å². The minimum Gasteiger partial charge on any atom is -0.298 e. The largest absolute Gasteiger partial charge is 0.298 e. The first kappa shape index (κ1) is 13.6. The number of rotatable bonds is 1. The van der Waals surface area contributed by atoms with E-state index in [2.05, 4.69) is 15.0 Å². The molecule has 3 nitrogen and oxygen atoms in total. The molecule has 0 fully saturated rings. The van der Waals surface area contributed by atoms with Gasteiger partial charge < -0.3 is 0 Å². The van der Waals surface area contributed by atoms with Gasteiger partial charge in [-0.3, -0.25) is 15.0 Å². The Morgan fingerprint density at radius 2 is 1.33 bits per heavy atom. The molecule has 12 heavy (non-hydrogen) atoms. The summed E-state index contributed by atoms with van der Waals surface area (Å²) in [5.74, 6) is 0. The maximum atomic E-state index is 3.85. The molecular formula is C9H19N3. The summed E-state index contributed by atoms with van der Waals surface area (Å²) in [6.07, 6.45) is 1.72. The molecule has 0 radical (unpaired) electrons. The molecule has 0 saturated heterocycles. The third kappa shape index (κ3) is 16.0. The van der Waals surface area contributed by atoms with Gasteiger partial charge in [0.05, 0.1) is 0 Å². The Kier molecular flexibility index (Phi) is 11.3. The van der Waals surface area contributed by atoms with Crippen LogP contribution in [0.4, 0.5) is 0 Å². The van der Waals surface area contributed by atoms with Crippen molar-refractivity contribution < 1.29 is 0 Å². The highest BCUT2D eigenvalue weighted by molar-refractivity contribution is 6.29. The monoisotopic (exact) mass is 169 g/mol. The predicted molar refractivity (Wildman–Crippen MR) is 58.2 cm³/mol. The van der Waals surface area contributed by atoms with Crippen LogP contribution in [0.15, 0.2) is 15.0 Å². The van der Waals surface area contributed by atoms with Crippen LogP contribution in [0.25, 0.3) is 0 Å². The Labute approximate surface area is 75.4 Å². The molecule has 0 aliphatic carbocycles.